The Kier molecular flexibility index (Phi) is 6.62. The number of ether oxygens (including phenoxy) is 1. The van der Waals surface area contributed by atoms with Crippen LogP contribution in [0.4, 0.5) is 0 Å². The third kappa shape index (κ3) is 5.37. The fourth-order valence-corrected chi connectivity index (χ4v) is 2.27. The molecule has 0 aromatic heterocycles. The fourth-order valence-electron chi connectivity index (χ4n) is 2.00. The van der Waals surface area contributed by atoms with Crippen molar-refractivity contribution in [3.05, 3.63) is 64.6 Å². The van der Waals surface area contributed by atoms with Crippen LogP contribution in [-0.4, -0.2) is 19.0 Å². The van der Waals surface area contributed by atoms with Gasteiger partial charge in [-0.3, -0.25) is 4.79 Å². The average molecular weight is 377 g/mol. The summed E-state index contributed by atoms with van der Waals surface area (Å²) in [6.07, 6.45) is -0.692. The van der Waals surface area contributed by atoms with Gasteiger partial charge in [0, 0.05) is 16.6 Å². The van der Waals surface area contributed by atoms with Gasteiger partial charge in [-0.25, -0.2) is 0 Å². The van der Waals surface area contributed by atoms with Gasteiger partial charge in [-0.2, -0.15) is 0 Å². The highest BCUT2D eigenvalue weighted by Crippen LogP contribution is 2.24. The first-order valence-electron chi connectivity index (χ1n) is 7.55. The van der Waals surface area contributed by atoms with Crippen molar-refractivity contribution < 1.29 is 9.53 Å². The van der Waals surface area contributed by atoms with Crippen LogP contribution >= 0.6 is 15.9 Å². The van der Waals surface area contributed by atoms with E-state index in [1.807, 2.05) is 61.5 Å². The van der Waals surface area contributed by atoms with Crippen molar-refractivity contribution in [3.8, 4) is 5.75 Å². The summed E-state index contributed by atoms with van der Waals surface area (Å²) >= 11 is 3.39. The normalized spacial score (nSPS) is 13.2. The summed E-state index contributed by atoms with van der Waals surface area (Å²) in [5, 5.41) is 2.91. The van der Waals surface area contributed by atoms with Crippen molar-refractivity contribution >= 4 is 21.8 Å². The molecule has 2 atom stereocenters. The SMILES string of the molecule is CC(CN)CNC(=O)C(Oc1ccc(Br)cc1)c1ccccc1. The van der Waals surface area contributed by atoms with Crippen LogP contribution in [0.25, 0.3) is 0 Å². The van der Waals surface area contributed by atoms with Crippen LogP contribution in [0, 0.1) is 5.92 Å². The number of nitrogens with one attached hydrogen (secondary N) is 1. The number of rotatable bonds is 7. The third-order valence-electron chi connectivity index (χ3n) is 3.44. The van der Waals surface area contributed by atoms with E-state index in [1.54, 1.807) is 0 Å². The van der Waals surface area contributed by atoms with Gasteiger partial charge in [0.25, 0.3) is 5.91 Å². The highest BCUT2D eigenvalue weighted by Gasteiger charge is 2.22. The molecule has 0 aliphatic carbocycles. The Hall–Kier alpha value is -1.85. The number of amides is 1. The Morgan fingerprint density at radius 3 is 2.43 bits per heavy atom. The number of benzene rings is 2. The molecule has 0 bridgehead atoms. The molecular weight excluding hydrogens is 356 g/mol. The van der Waals surface area contributed by atoms with Crippen LogP contribution in [0.2, 0.25) is 0 Å². The molecule has 4 nitrogen and oxygen atoms in total. The third-order valence-corrected chi connectivity index (χ3v) is 3.96. The first-order valence-corrected chi connectivity index (χ1v) is 8.34. The maximum Gasteiger partial charge on any atom is 0.265 e. The van der Waals surface area contributed by atoms with E-state index in [-0.39, 0.29) is 11.8 Å². The minimum Gasteiger partial charge on any atom is -0.476 e. The van der Waals surface area contributed by atoms with Gasteiger partial charge < -0.3 is 15.8 Å². The molecule has 0 spiro atoms. The molecule has 23 heavy (non-hydrogen) atoms. The molecule has 122 valence electrons. The van der Waals surface area contributed by atoms with Crippen LogP contribution in [0.5, 0.6) is 5.75 Å². The number of nitrogens with two attached hydrogens (primary N) is 1. The molecule has 0 aliphatic rings. The molecule has 1 amide bonds. The summed E-state index contributed by atoms with van der Waals surface area (Å²) in [6.45, 7) is 3.06. The van der Waals surface area contributed by atoms with Crippen LogP contribution in [0.15, 0.2) is 59.1 Å². The predicted octanol–water partition coefficient (Wildman–Crippen LogP) is 3.28. The molecule has 0 fully saturated rings. The van der Waals surface area contributed by atoms with Crippen LogP contribution in [-0.2, 0) is 4.79 Å². The summed E-state index contributed by atoms with van der Waals surface area (Å²) in [5.74, 6) is 0.701. The topological polar surface area (TPSA) is 64.3 Å². The highest BCUT2D eigenvalue weighted by atomic mass is 79.9. The lowest BCUT2D eigenvalue weighted by molar-refractivity contribution is -0.128. The van der Waals surface area contributed by atoms with Gasteiger partial charge in [0.05, 0.1) is 0 Å². The molecule has 0 saturated carbocycles. The van der Waals surface area contributed by atoms with E-state index in [9.17, 15) is 4.79 Å². The van der Waals surface area contributed by atoms with Gasteiger partial charge in [-0.05, 0) is 36.7 Å². The predicted molar refractivity (Wildman–Crippen MR) is 95.2 cm³/mol. The quantitative estimate of drug-likeness (QED) is 0.779. The van der Waals surface area contributed by atoms with Crippen LogP contribution in [0.1, 0.15) is 18.6 Å². The fraction of sp³-hybridized carbons (Fsp3) is 0.278. The molecule has 5 heteroatoms. The van der Waals surface area contributed by atoms with E-state index in [0.717, 1.165) is 10.0 Å². The second-order valence-corrected chi connectivity index (χ2v) is 6.36. The van der Waals surface area contributed by atoms with E-state index >= 15 is 0 Å². The molecule has 2 rings (SSSR count). The average Bonchev–Trinajstić information content (AvgIpc) is 2.59. The standard InChI is InChI=1S/C18H21BrN2O2/c1-13(11-20)12-21-18(22)17(14-5-3-2-4-6-14)23-16-9-7-15(19)8-10-16/h2-10,13,17H,11-12,20H2,1H3,(H,21,22). The van der Waals surface area contributed by atoms with E-state index in [0.29, 0.717) is 18.8 Å². The van der Waals surface area contributed by atoms with Gasteiger partial charge in [0.15, 0.2) is 0 Å². The first kappa shape index (κ1) is 17.5. The van der Waals surface area contributed by atoms with Gasteiger partial charge in [0.2, 0.25) is 6.10 Å². The van der Waals surface area contributed by atoms with Crippen molar-refractivity contribution in [2.24, 2.45) is 11.7 Å². The molecule has 0 heterocycles. The molecule has 3 N–H and O–H groups in total. The van der Waals surface area contributed by atoms with Crippen LogP contribution in [0.3, 0.4) is 0 Å². The van der Waals surface area contributed by atoms with E-state index in [1.165, 1.54) is 0 Å². The number of hydrogen-bond acceptors (Lipinski definition) is 3. The Morgan fingerprint density at radius 2 is 1.83 bits per heavy atom. The number of carbonyl (C=O) groups is 1. The largest absolute Gasteiger partial charge is 0.476 e. The maximum absolute atomic E-state index is 12.5. The molecule has 2 aromatic carbocycles. The first-order chi connectivity index (χ1) is 11.1. The van der Waals surface area contributed by atoms with Crippen molar-refractivity contribution in [3.63, 3.8) is 0 Å². The number of halogens is 1. The number of carbonyl (C=O) groups excluding carboxylic acids is 1. The lowest BCUT2D eigenvalue weighted by Crippen LogP contribution is -2.36. The minimum absolute atomic E-state index is 0.167. The molecule has 2 unspecified atom stereocenters. The van der Waals surface area contributed by atoms with E-state index < -0.39 is 6.10 Å². The summed E-state index contributed by atoms with van der Waals surface area (Å²) in [6, 6.07) is 16.9. The Labute approximate surface area is 145 Å². The Morgan fingerprint density at radius 1 is 1.17 bits per heavy atom. The van der Waals surface area contributed by atoms with Crippen molar-refractivity contribution in [1.82, 2.24) is 5.32 Å². The maximum atomic E-state index is 12.5. The summed E-state index contributed by atoms with van der Waals surface area (Å²) < 4.78 is 6.88. The van der Waals surface area contributed by atoms with Crippen molar-refractivity contribution in [2.75, 3.05) is 13.1 Å². The molecule has 0 saturated heterocycles. The second kappa shape index (κ2) is 8.70. The zero-order chi connectivity index (χ0) is 16.7. The Balaban J connectivity index is 2.15. The van der Waals surface area contributed by atoms with E-state index in [4.69, 9.17) is 10.5 Å². The number of hydrogen-bond donors (Lipinski definition) is 2. The molecule has 0 aliphatic heterocycles. The van der Waals surface area contributed by atoms with Crippen LogP contribution < -0.4 is 15.8 Å². The highest BCUT2D eigenvalue weighted by molar-refractivity contribution is 9.10. The Bertz CT molecular complexity index is 617. The summed E-state index contributed by atoms with van der Waals surface area (Å²) in [4.78, 5) is 12.5. The van der Waals surface area contributed by atoms with Gasteiger partial charge in [-0.15, -0.1) is 0 Å². The monoisotopic (exact) mass is 376 g/mol. The summed E-state index contributed by atoms with van der Waals surface area (Å²) in [5.41, 5.74) is 6.41. The van der Waals surface area contributed by atoms with Gasteiger partial charge in [-0.1, -0.05) is 53.2 Å². The van der Waals surface area contributed by atoms with Gasteiger partial charge in [0.1, 0.15) is 5.75 Å². The molecule has 2 aromatic rings. The lowest BCUT2D eigenvalue weighted by atomic mass is 10.1. The zero-order valence-corrected chi connectivity index (χ0v) is 14.6. The smallest absolute Gasteiger partial charge is 0.265 e. The van der Waals surface area contributed by atoms with Crippen molar-refractivity contribution in [2.45, 2.75) is 13.0 Å². The molecular formula is C18H21BrN2O2. The van der Waals surface area contributed by atoms with E-state index in [2.05, 4.69) is 21.2 Å². The molecule has 0 radical (unpaired) electrons. The summed E-state index contributed by atoms with van der Waals surface area (Å²) in [7, 11) is 0. The van der Waals surface area contributed by atoms with Gasteiger partial charge >= 0.3 is 0 Å². The lowest BCUT2D eigenvalue weighted by Gasteiger charge is -2.20. The van der Waals surface area contributed by atoms with Crippen molar-refractivity contribution in [1.29, 1.82) is 0 Å². The zero-order valence-electron chi connectivity index (χ0n) is 13.0. The minimum atomic E-state index is -0.692. The second-order valence-electron chi connectivity index (χ2n) is 5.45.